The van der Waals surface area contributed by atoms with Gasteiger partial charge in [0.25, 0.3) is 5.60 Å². The molecule has 0 bridgehead atoms. The lowest BCUT2D eigenvalue weighted by atomic mass is 9.71. The van der Waals surface area contributed by atoms with Gasteiger partial charge in [0.1, 0.15) is 3.92 Å². The lowest BCUT2D eigenvalue weighted by Gasteiger charge is -2.49. The van der Waals surface area contributed by atoms with Crippen molar-refractivity contribution in [3.63, 3.8) is 0 Å². The van der Waals surface area contributed by atoms with Crippen LogP contribution in [0.2, 0.25) is 0 Å². The van der Waals surface area contributed by atoms with Gasteiger partial charge in [0, 0.05) is 6.54 Å². The van der Waals surface area contributed by atoms with Crippen LogP contribution >= 0.6 is 22.6 Å². The van der Waals surface area contributed by atoms with Crippen LogP contribution in [0.25, 0.3) is 0 Å². The van der Waals surface area contributed by atoms with Crippen LogP contribution in [0.5, 0.6) is 0 Å². The lowest BCUT2D eigenvalue weighted by Crippen LogP contribution is -2.72. The number of alkyl halides is 7. The fraction of sp³-hybridized carbons (Fsp3) is 0.929. The van der Waals surface area contributed by atoms with Gasteiger partial charge < -0.3 is 15.2 Å². The highest BCUT2D eigenvalue weighted by Crippen LogP contribution is 2.55. The molecule has 2 rings (SSSR count). The minimum absolute atomic E-state index is 0.0107. The van der Waals surface area contributed by atoms with Gasteiger partial charge in [0.05, 0.1) is 5.54 Å². The first-order valence-electron chi connectivity index (χ1n) is 7.68. The summed E-state index contributed by atoms with van der Waals surface area (Å²) in [6, 6.07) is 0. The molecule has 0 aromatic rings. The second-order valence-corrected chi connectivity index (χ2v) is 8.06. The Morgan fingerprint density at radius 1 is 1.12 bits per heavy atom. The molecule has 2 unspecified atom stereocenters. The molecule has 146 valence electrons. The van der Waals surface area contributed by atoms with E-state index in [4.69, 9.17) is 4.74 Å². The Balaban J connectivity index is 2.44. The summed E-state index contributed by atoms with van der Waals surface area (Å²) in [5.41, 5.74) is -8.92. The van der Waals surface area contributed by atoms with Gasteiger partial charge in [0.15, 0.2) is 5.60 Å². The van der Waals surface area contributed by atoms with E-state index in [9.17, 15) is 36.2 Å². The number of aliphatic hydroxyl groups is 1. The molecule has 0 amide bonds. The molecule has 0 spiro atoms. The Bertz CT molecular complexity index is 512. The fourth-order valence-corrected chi connectivity index (χ4v) is 3.73. The van der Waals surface area contributed by atoms with Crippen LogP contribution in [-0.2, 0) is 9.53 Å². The zero-order valence-electron chi connectivity index (χ0n) is 13.2. The first-order chi connectivity index (χ1) is 11.2. The Morgan fingerprint density at radius 2 is 1.56 bits per heavy atom. The smallest absolute Gasteiger partial charge is 0.430 e. The number of nitrogens with one attached hydrogen (secondary N) is 1. The highest BCUT2D eigenvalue weighted by molar-refractivity contribution is 14.1. The van der Waals surface area contributed by atoms with Crippen molar-refractivity contribution in [3.05, 3.63) is 0 Å². The predicted molar refractivity (Wildman–Crippen MR) is 83.2 cm³/mol. The zero-order chi connectivity index (χ0) is 19.3. The normalized spacial score (nSPS) is 28.4. The molecule has 1 aliphatic carbocycles. The van der Waals surface area contributed by atoms with Crippen LogP contribution in [0, 0.1) is 0 Å². The van der Waals surface area contributed by atoms with E-state index < -0.39 is 51.8 Å². The molecule has 2 atom stereocenters. The summed E-state index contributed by atoms with van der Waals surface area (Å²) in [5.74, 6) is -1.19. The number of halogens is 7. The molecular weight excluding hydrogens is 471 g/mol. The topological polar surface area (TPSA) is 68.5 Å². The molecule has 1 saturated carbocycles. The SMILES string of the molecule is CC1(C(I)C(=O)OC2(C(O)(C(F)(F)F)C(F)(F)F)CCCCC2)CN1. The number of hydrogen-bond acceptors (Lipinski definition) is 4. The summed E-state index contributed by atoms with van der Waals surface area (Å²) in [6.07, 6.45) is -13.1. The quantitative estimate of drug-likeness (QED) is 0.209. The highest BCUT2D eigenvalue weighted by atomic mass is 127. The van der Waals surface area contributed by atoms with Gasteiger partial charge in [-0.3, -0.25) is 4.79 Å². The van der Waals surface area contributed by atoms with E-state index in [1.807, 2.05) is 0 Å². The third-order valence-corrected chi connectivity index (χ3v) is 6.82. The minimum Gasteiger partial charge on any atom is -0.454 e. The second kappa shape index (κ2) is 6.39. The largest absolute Gasteiger partial charge is 0.454 e. The molecule has 11 heteroatoms. The van der Waals surface area contributed by atoms with Crippen molar-refractivity contribution in [2.24, 2.45) is 0 Å². The van der Waals surface area contributed by atoms with Crippen molar-refractivity contribution < 1.29 is 41.0 Å². The van der Waals surface area contributed by atoms with Crippen molar-refractivity contribution in [3.8, 4) is 0 Å². The van der Waals surface area contributed by atoms with Crippen molar-refractivity contribution >= 4 is 28.6 Å². The average molecular weight is 489 g/mol. The van der Waals surface area contributed by atoms with E-state index in [0.29, 0.717) is 13.0 Å². The summed E-state index contributed by atoms with van der Waals surface area (Å²) >= 11 is 1.63. The molecule has 1 aliphatic heterocycles. The monoisotopic (exact) mass is 489 g/mol. The van der Waals surface area contributed by atoms with E-state index in [1.54, 1.807) is 29.5 Å². The van der Waals surface area contributed by atoms with Crippen molar-refractivity contribution in [2.75, 3.05) is 6.54 Å². The van der Waals surface area contributed by atoms with E-state index in [-0.39, 0.29) is 12.8 Å². The number of carbonyl (C=O) groups is 1. The number of ether oxygens (including phenoxy) is 1. The molecule has 0 aromatic heterocycles. The molecular formula is C14H18F6INO3. The van der Waals surface area contributed by atoms with Gasteiger partial charge in [-0.1, -0.05) is 29.0 Å². The summed E-state index contributed by atoms with van der Waals surface area (Å²) in [7, 11) is 0. The minimum atomic E-state index is -6.04. The van der Waals surface area contributed by atoms with E-state index in [0.717, 1.165) is 0 Å². The van der Waals surface area contributed by atoms with Gasteiger partial charge in [-0.25, -0.2) is 0 Å². The number of rotatable bonds is 4. The lowest BCUT2D eigenvalue weighted by molar-refractivity contribution is -0.415. The number of carbonyl (C=O) groups excluding carboxylic acids is 1. The van der Waals surface area contributed by atoms with Crippen molar-refractivity contribution in [1.29, 1.82) is 0 Å². The van der Waals surface area contributed by atoms with Gasteiger partial charge in [-0.2, -0.15) is 26.3 Å². The van der Waals surface area contributed by atoms with Crippen molar-refractivity contribution in [2.45, 2.75) is 72.0 Å². The number of esters is 1. The van der Waals surface area contributed by atoms with Gasteiger partial charge >= 0.3 is 18.3 Å². The molecule has 25 heavy (non-hydrogen) atoms. The molecule has 2 fully saturated rings. The maximum atomic E-state index is 13.4. The van der Waals surface area contributed by atoms with Crippen LogP contribution in [0.3, 0.4) is 0 Å². The molecule has 1 heterocycles. The molecule has 2 aliphatic rings. The molecule has 0 radical (unpaired) electrons. The first-order valence-corrected chi connectivity index (χ1v) is 8.93. The summed E-state index contributed by atoms with van der Waals surface area (Å²) < 4.78 is 84.0. The van der Waals surface area contributed by atoms with Crippen LogP contribution in [-0.4, -0.2) is 50.6 Å². The van der Waals surface area contributed by atoms with Crippen LogP contribution in [0.4, 0.5) is 26.3 Å². The fourth-order valence-electron chi connectivity index (χ4n) is 3.16. The van der Waals surface area contributed by atoms with E-state index >= 15 is 0 Å². The van der Waals surface area contributed by atoms with Gasteiger partial charge in [-0.05, 0) is 32.6 Å². The predicted octanol–water partition coefficient (Wildman–Crippen LogP) is 3.25. The van der Waals surface area contributed by atoms with Crippen LogP contribution in [0.15, 0.2) is 0 Å². The first kappa shape index (κ1) is 21.0. The summed E-state index contributed by atoms with van der Waals surface area (Å²) in [4.78, 5) is 12.3. The maximum Gasteiger partial charge on any atom is 0.430 e. The Labute approximate surface area is 153 Å². The summed E-state index contributed by atoms with van der Waals surface area (Å²) in [6.45, 7) is 2.00. The molecule has 2 N–H and O–H groups in total. The third kappa shape index (κ3) is 3.47. The Morgan fingerprint density at radius 3 is 1.92 bits per heavy atom. The van der Waals surface area contributed by atoms with Gasteiger partial charge in [0.2, 0.25) is 0 Å². The van der Waals surface area contributed by atoms with Crippen LogP contribution in [0.1, 0.15) is 39.0 Å². The molecule has 0 aromatic carbocycles. The Hall–Kier alpha value is -0.300. The maximum absolute atomic E-state index is 13.4. The standard InChI is InChI=1S/C14H18F6INO3/c1-10(7-22-10)8(21)9(23)25-11(5-3-2-4-6-11)12(24,13(15,16)17)14(18,19)20/h8,22,24H,2-7H2,1H3. The third-order valence-electron chi connectivity index (χ3n) is 4.94. The average Bonchev–Trinajstić information content (AvgIpc) is 3.23. The Kier molecular flexibility index (Phi) is 5.37. The summed E-state index contributed by atoms with van der Waals surface area (Å²) in [5, 5.41) is 12.7. The number of hydrogen-bond donors (Lipinski definition) is 2. The zero-order valence-corrected chi connectivity index (χ0v) is 15.4. The van der Waals surface area contributed by atoms with E-state index in [2.05, 4.69) is 5.32 Å². The van der Waals surface area contributed by atoms with E-state index in [1.165, 1.54) is 0 Å². The van der Waals surface area contributed by atoms with Crippen molar-refractivity contribution in [1.82, 2.24) is 5.32 Å². The van der Waals surface area contributed by atoms with Gasteiger partial charge in [-0.15, -0.1) is 0 Å². The highest BCUT2D eigenvalue weighted by Gasteiger charge is 2.81. The van der Waals surface area contributed by atoms with Crippen LogP contribution < -0.4 is 5.32 Å². The molecule has 4 nitrogen and oxygen atoms in total. The second-order valence-electron chi connectivity index (χ2n) is 6.82. The molecule has 1 saturated heterocycles.